The number of hydrogen-bond donors (Lipinski definition) is 2. The molecule has 3 N–H and O–H groups in total. The first-order valence-electron chi connectivity index (χ1n) is 8.80. The summed E-state index contributed by atoms with van der Waals surface area (Å²) in [5.74, 6) is 0.574. The van der Waals surface area contributed by atoms with E-state index in [1.54, 1.807) is 0 Å². The van der Waals surface area contributed by atoms with Crippen molar-refractivity contribution in [3.63, 3.8) is 0 Å². The van der Waals surface area contributed by atoms with Gasteiger partial charge in [-0.2, -0.15) is 0 Å². The number of fused-ring (bicyclic) bond motifs is 3. The maximum Gasteiger partial charge on any atom is 0.251 e. The second kappa shape index (κ2) is 6.75. The monoisotopic (exact) mass is 313 g/mol. The molecule has 1 amide bonds. The van der Waals surface area contributed by atoms with Crippen molar-refractivity contribution >= 4 is 16.8 Å². The van der Waals surface area contributed by atoms with E-state index >= 15 is 0 Å². The molecule has 0 bridgehead atoms. The van der Waals surface area contributed by atoms with Crippen LogP contribution in [-0.2, 0) is 13.0 Å². The Hall–Kier alpha value is -1.81. The van der Waals surface area contributed by atoms with Crippen LogP contribution in [0.15, 0.2) is 18.2 Å². The number of nitrogens with zero attached hydrogens (tertiary/aromatic N) is 1. The largest absolute Gasteiger partial charge is 0.351 e. The molecular weight excluding hydrogens is 286 g/mol. The van der Waals surface area contributed by atoms with Gasteiger partial charge in [0.1, 0.15) is 0 Å². The quantitative estimate of drug-likeness (QED) is 0.890. The normalized spacial score (nSPS) is 17.3. The molecule has 23 heavy (non-hydrogen) atoms. The first-order valence-corrected chi connectivity index (χ1v) is 8.80. The van der Waals surface area contributed by atoms with Crippen LogP contribution >= 0.6 is 0 Å². The van der Waals surface area contributed by atoms with Crippen LogP contribution in [0.2, 0.25) is 0 Å². The van der Waals surface area contributed by atoms with E-state index in [4.69, 9.17) is 5.73 Å². The average molecular weight is 313 g/mol. The third kappa shape index (κ3) is 2.88. The molecule has 1 atom stereocenters. The van der Waals surface area contributed by atoms with Crippen LogP contribution in [0.4, 0.5) is 0 Å². The molecule has 3 rings (SSSR count). The molecule has 0 radical (unpaired) electrons. The van der Waals surface area contributed by atoms with Crippen molar-refractivity contribution in [3.05, 3.63) is 35.0 Å². The Morgan fingerprint density at radius 3 is 3.00 bits per heavy atom. The molecule has 0 saturated heterocycles. The third-order valence-electron chi connectivity index (χ3n) is 4.88. The van der Waals surface area contributed by atoms with Crippen molar-refractivity contribution in [1.82, 2.24) is 9.88 Å². The highest BCUT2D eigenvalue weighted by Crippen LogP contribution is 2.38. The molecule has 1 aromatic carbocycles. The average Bonchev–Trinajstić information content (AvgIpc) is 2.88. The molecule has 124 valence electrons. The number of amides is 1. The van der Waals surface area contributed by atoms with E-state index in [1.165, 1.54) is 35.0 Å². The lowest BCUT2D eigenvalue weighted by Gasteiger charge is -2.22. The lowest BCUT2D eigenvalue weighted by Crippen LogP contribution is -2.28. The minimum atomic E-state index is -0.0294. The Balaban J connectivity index is 2.10. The summed E-state index contributed by atoms with van der Waals surface area (Å²) in [7, 11) is 0. The molecule has 1 heterocycles. The van der Waals surface area contributed by atoms with Gasteiger partial charge in [0, 0.05) is 41.8 Å². The highest BCUT2D eigenvalue weighted by atomic mass is 16.1. The Morgan fingerprint density at radius 1 is 1.43 bits per heavy atom. The van der Waals surface area contributed by atoms with Crippen LogP contribution < -0.4 is 11.1 Å². The number of nitrogens with two attached hydrogens (primary N) is 1. The van der Waals surface area contributed by atoms with Gasteiger partial charge in [-0.1, -0.05) is 13.8 Å². The Bertz CT molecular complexity index is 717. The predicted molar refractivity (Wildman–Crippen MR) is 95.0 cm³/mol. The molecule has 1 unspecified atom stereocenters. The number of carbonyl (C=O) groups excluding carboxylic acids is 1. The minimum Gasteiger partial charge on any atom is -0.351 e. The summed E-state index contributed by atoms with van der Waals surface area (Å²) in [5, 5.41) is 4.13. The van der Waals surface area contributed by atoms with Gasteiger partial charge in [-0.15, -0.1) is 0 Å². The lowest BCUT2D eigenvalue weighted by atomic mass is 9.87. The highest BCUT2D eigenvalue weighted by Gasteiger charge is 2.25. The van der Waals surface area contributed by atoms with Crippen LogP contribution in [-0.4, -0.2) is 23.6 Å². The van der Waals surface area contributed by atoms with Gasteiger partial charge in [0.05, 0.1) is 0 Å². The number of aryl methyl sites for hydroxylation is 2. The summed E-state index contributed by atoms with van der Waals surface area (Å²) < 4.78 is 2.48. The van der Waals surface area contributed by atoms with Crippen molar-refractivity contribution in [1.29, 1.82) is 0 Å². The van der Waals surface area contributed by atoms with Crippen LogP contribution in [0.1, 0.15) is 60.6 Å². The molecule has 4 nitrogen and oxygen atoms in total. The van der Waals surface area contributed by atoms with E-state index in [9.17, 15) is 4.79 Å². The summed E-state index contributed by atoms with van der Waals surface area (Å²) in [6.07, 6.45) is 4.75. The van der Waals surface area contributed by atoms with Crippen molar-refractivity contribution in [3.8, 4) is 0 Å². The van der Waals surface area contributed by atoms with Crippen LogP contribution in [0.5, 0.6) is 0 Å². The van der Waals surface area contributed by atoms with E-state index in [1.807, 2.05) is 6.07 Å². The fourth-order valence-electron chi connectivity index (χ4n) is 3.89. The zero-order chi connectivity index (χ0) is 16.4. The maximum absolute atomic E-state index is 12.2. The number of rotatable bonds is 5. The molecule has 0 saturated carbocycles. The van der Waals surface area contributed by atoms with E-state index in [0.717, 1.165) is 24.9 Å². The second-order valence-electron chi connectivity index (χ2n) is 6.59. The zero-order valence-corrected chi connectivity index (χ0v) is 14.2. The molecule has 0 spiro atoms. The first kappa shape index (κ1) is 16.1. The summed E-state index contributed by atoms with van der Waals surface area (Å²) in [5.41, 5.74) is 10.4. The number of hydrogen-bond acceptors (Lipinski definition) is 2. The topological polar surface area (TPSA) is 60.0 Å². The van der Waals surface area contributed by atoms with Gasteiger partial charge in [-0.05, 0) is 55.4 Å². The molecule has 1 aromatic heterocycles. The van der Waals surface area contributed by atoms with Crippen LogP contribution in [0, 0.1) is 0 Å². The molecule has 4 heteroatoms. The summed E-state index contributed by atoms with van der Waals surface area (Å²) >= 11 is 0. The number of carbonyl (C=O) groups is 1. The Labute approximate surface area is 138 Å². The van der Waals surface area contributed by atoms with Gasteiger partial charge in [-0.25, -0.2) is 0 Å². The number of aromatic nitrogens is 1. The van der Waals surface area contributed by atoms with Crippen molar-refractivity contribution in [2.75, 3.05) is 13.1 Å². The first-order chi connectivity index (χ1) is 11.2. The van der Waals surface area contributed by atoms with E-state index in [2.05, 4.69) is 35.9 Å². The predicted octanol–water partition coefficient (Wildman–Crippen LogP) is 3.18. The van der Waals surface area contributed by atoms with Crippen LogP contribution in [0.3, 0.4) is 0 Å². The van der Waals surface area contributed by atoms with Crippen molar-refractivity contribution < 1.29 is 4.79 Å². The van der Waals surface area contributed by atoms with Gasteiger partial charge in [0.25, 0.3) is 5.91 Å². The van der Waals surface area contributed by atoms with Gasteiger partial charge in [-0.3, -0.25) is 4.79 Å². The van der Waals surface area contributed by atoms with Gasteiger partial charge >= 0.3 is 0 Å². The van der Waals surface area contributed by atoms with Gasteiger partial charge in [0.15, 0.2) is 0 Å². The summed E-state index contributed by atoms with van der Waals surface area (Å²) in [6, 6.07) is 6.13. The van der Waals surface area contributed by atoms with Crippen molar-refractivity contribution in [2.24, 2.45) is 5.73 Å². The lowest BCUT2D eigenvalue weighted by molar-refractivity contribution is 0.0955. The third-order valence-corrected chi connectivity index (χ3v) is 4.88. The Morgan fingerprint density at radius 2 is 2.26 bits per heavy atom. The second-order valence-corrected chi connectivity index (χ2v) is 6.59. The Kier molecular flexibility index (Phi) is 4.71. The molecule has 2 aromatic rings. The molecule has 1 aliphatic carbocycles. The van der Waals surface area contributed by atoms with Gasteiger partial charge in [0.2, 0.25) is 0 Å². The number of nitrogens with one attached hydrogen (secondary N) is 1. The zero-order valence-electron chi connectivity index (χ0n) is 14.2. The summed E-state index contributed by atoms with van der Waals surface area (Å²) in [4.78, 5) is 12.2. The van der Waals surface area contributed by atoms with Gasteiger partial charge < -0.3 is 15.6 Å². The smallest absolute Gasteiger partial charge is 0.251 e. The molecule has 0 aliphatic heterocycles. The molecular formula is C19H27N3O. The minimum absolute atomic E-state index is 0.0294. The molecule has 1 aliphatic rings. The fourth-order valence-corrected chi connectivity index (χ4v) is 3.89. The number of benzene rings is 1. The SMILES string of the molecule is CCCn1c2c(c3cc(C(=O)NCCN)ccc31)CCCC2C. The standard InChI is InChI=1S/C19H27N3O/c1-3-11-22-17-8-7-14(19(23)21-10-9-20)12-16(17)15-6-4-5-13(2)18(15)22/h7-8,12-13H,3-6,9-11,20H2,1-2H3,(H,21,23). The fraction of sp³-hybridized carbons (Fsp3) is 0.526. The van der Waals surface area contributed by atoms with E-state index < -0.39 is 0 Å². The van der Waals surface area contributed by atoms with Crippen molar-refractivity contribution in [2.45, 2.75) is 52.0 Å². The van der Waals surface area contributed by atoms with Crippen LogP contribution in [0.25, 0.3) is 10.9 Å². The van der Waals surface area contributed by atoms with E-state index in [0.29, 0.717) is 19.0 Å². The summed E-state index contributed by atoms with van der Waals surface area (Å²) in [6.45, 7) is 6.59. The highest BCUT2D eigenvalue weighted by molar-refractivity contribution is 5.99. The molecule has 0 fully saturated rings. The maximum atomic E-state index is 12.2. The van der Waals surface area contributed by atoms with E-state index in [-0.39, 0.29) is 5.91 Å².